The fraction of sp³-hybridized carbons (Fsp3) is 0.368. The number of H-pyrrole nitrogens is 1. The third-order valence-corrected chi connectivity index (χ3v) is 5.32. The summed E-state index contributed by atoms with van der Waals surface area (Å²) in [4.78, 5) is 28.0. The van der Waals surface area contributed by atoms with E-state index in [9.17, 15) is 14.7 Å². The van der Waals surface area contributed by atoms with Crippen LogP contribution in [0, 0.1) is 0 Å². The molecule has 0 spiro atoms. The Morgan fingerprint density at radius 3 is 2.96 bits per heavy atom. The number of rotatable bonds is 4. The Balaban J connectivity index is 1.99. The molecule has 2 atom stereocenters. The van der Waals surface area contributed by atoms with Crippen LogP contribution >= 0.6 is 0 Å². The zero-order valence-corrected chi connectivity index (χ0v) is 15.7. The highest BCUT2D eigenvalue weighted by molar-refractivity contribution is 5.62. The van der Waals surface area contributed by atoms with Gasteiger partial charge in [-0.3, -0.25) is 9.78 Å². The first-order valence-electron chi connectivity index (χ1n) is 8.94. The second-order valence-electron chi connectivity index (χ2n) is 6.87. The molecule has 0 bridgehead atoms. The van der Waals surface area contributed by atoms with Crippen LogP contribution in [0.5, 0.6) is 23.1 Å². The molecular formula is C19H21N3O6. The molecule has 2 aliphatic heterocycles. The maximum atomic E-state index is 13.0. The zero-order chi connectivity index (χ0) is 20.0. The quantitative estimate of drug-likeness (QED) is 0.631. The summed E-state index contributed by atoms with van der Waals surface area (Å²) in [5.74, 6) is 0.999. The molecule has 9 heteroatoms. The first-order chi connectivity index (χ1) is 13.5. The van der Waals surface area contributed by atoms with Gasteiger partial charge in [-0.05, 0) is 11.9 Å². The normalized spacial score (nSPS) is 19.9. The van der Waals surface area contributed by atoms with Crippen molar-refractivity contribution in [2.24, 2.45) is 0 Å². The van der Waals surface area contributed by atoms with Crippen molar-refractivity contribution in [2.75, 3.05) is 27.5 Å². The predicted octanol–water partition coefficient (Wildman–Crippen LogP) is -1.31. The molecule has 4 rings (SSSR count). The molecule has 2 unspecified atom stereocenters. The maximum Gasteiger partial charge on any atom is 0.328 e. The van der Waals surface area contributed by atoms with Crippen LogP contribution in [0.25, 0.3) is 0 Å². The van der Waals surface area contributed by atoms with Gasteiger partial charge in [0, 0.05) is 24.1 Å². The van der Waals surface area contributed by atoms with E-state index in [1.807, 2.05) is 7.05 Å². The van der Waals surface area contributed by atoms with E-state index in [1.54, 1.807) is 13.2 Å². The second-order valence-corrected chi connectivity index (χ2v) is 6.87. The van der Waals surface area contributed by atoms with Gasteiger partial charge in [0.05, 0.1) is 26.3 Å². The summed E-state index contributed by atoms with van der Waals surface area (Å²) in [6, 6.07) is 1.23. The number of allylic oxidation sites excluding steroid dienone is 1. The lowest BCUT2D eigenvalue weighted by molar-refractivity contribution is -0.908. The number of likely N-dealkylation sites (N-methyl/N-ethyl adjacent to an activating group) is 1. The molecule has 0 fully saturated rings. The molecule has 3 heterocycles. The minimum atomic E-state index is -0.740. The van der Waals surface area contributed by atoms with E-state index in [0.29, 0.717) is 30.2 Å². The molecule has 0 amide bonds. The highest BCUT2D eigenvalue weighted by atomic mass is 16.7. The van der Waals surface area contributed by atoms with Crippen LogP contribution in [-0.4, -0.2) is 37.0 Å². The number of aromatic nitrogens is 2. The zero-order valence-electron chi connectivity index (χ0n) is 15.7. The Kier molecular flexibility index (Phi) is 4.38. The van der Waals surface area contributed by atoms with Gasteiger partial charge >= 0.3 is 5.69 Å². The number of aromatic amines is 1. The van der Waals surface area contributed by atoms with Gasteiger partial charge in [0.2, 0.25) is 12.5 Å². The Labute approximate surface area is 160 Å². The second kappa shape index (κ2) is 6.75. The summed E-state index contributed by atoms with van der Waals surface area (Å²) in [5, 5.41) is 13.0. The van der Waals surface area contributed by atoms with Crippen LogP contribution in [0.1, 0.15) is 22.7 Å². The number of fused-ring (bicyclic) bond motifs is 2. The van der Waals surface area contributed by atoms with Crippen molar-refractivity contribution in [2.45, 2.75) is 19.0 Å². The van der Waals surface area contributed by atoms with E-state index < -0.39 is 23.2 Å². The van der Waals surface area contributed by atoms with E-state index >= 15 is 0 Å². The third-order valence-electron chi connectivity index (χ3n) is 5.32. The molecule has 148 valence electrons. The average molecular weight is 387 g/mol. The predicted molar refractivity (Wildman–Crippen MR) is 97.4 cm³/mol. The van der Waals surface area contributed by atoms with Gasteiger partial charge < -0.3 is 28.8 Å². The van der Waals surface area contributed by atoms with Gasteiger partial charge in [0.25, 0.3) is 5.56 Å². The Hall–Kier alpha value is -3.20. The average Bonchev–Trinajstić information content (AvgIpc) is 3.13. The lowest BCUT2D eigenvalue weighted by Crippen LogP contribution is -3.10. The molecule has 0 aliphatic carbocycles. The first-order valence-corrected chi connectivity index (χ1v) is 8.94. The molecule has 0 saturated carbocycles. The molecular weight excluding hydrogens is 366 g/mol. The minimum Gasteiger partial charge on any atom is -0.859 e. The number of quaternary nitrogens is 1. The monoisotopic (exact) mass is 387 g/mol. The molecule has 2 N–H and O–H groups in total. The minimum absolute atomic E-state index is 0.0146. The molecule has 0 saturated heterocycles. The smallest absolute Gasteiger partial charge is 0.328 e. The van der Waals surface area contributed by atoms with E-state index in [2.05, 4.69) is 11.6 Å². The summed E-state index contributed by atoms with van der Waals surface area (Å²) in [6.07, 6.45) is 2.13. The van der Waals surface area contributed by atoms with Crippen molar-refractivity contribution in [3.8, 4) is 23.1 Å². The Bertz CT molecular complexity index is 1070. The number of ether oxygens (including phenoxy) is 3. The first kappa shape index (κ1) is 18.2. The van der Waals surface area contributed by atoms with E-state index in [-0.39, 0.29) is 18.9 Å². The lowest BCUT2D eigenvalue weighted by atomic mass is 9.88. The van der Waals surface area contributed by atoms with Crippen molar-refractivity contribution in [1.82, 2.24) is 9.55 Å². The molecule has 1 aromatic carbocycles. The summed E-state index contributed by atoms with van der Waals surface area (Å²) >= 11 is 0. The summed E-state index contributed by atoms with van der Waals surface area (Å²) in [5.41, 5.74) is 0.236. The SMILES string of the molecule is C=CCn1c([O-])c(C2c3cc4c(c(OC)c3CC[NH+]2C)OCO4)c(=O)[nH]c1=O. The molecule has 2 aromatic rings. The lowest BCUT2D eigenvalue weighted by Gasteiger charge is -2.34. The van der Waals surface area contributed by atoms with E-state index in [1.165, 1.54) is 6.08 Å². The molecule has 1 aromatic heterocycles. The summed E-state index contributed by atoms with van der Waals surface area (Å²) < 4.78 is 17.6. The van der Waals surface area contributed by atoms with Crippen molar-refractivity contribution in [1.29, 1.82) is 0 Å². The van der Waals surface area contributed by atoms with Gasteiger partial charge in [0.1, 0.15) is 6.04 Å². The largest absolute Gasteiger partial charge is 0.859 e. The van der Waals surface area contributed by atoms with Gasteiger partial charge in [0.15, 0.2) is 11.5 Å². The fourth-order valence-corrected chi connectivity index (χ4v) is 4.05. The summed E-state index contributed by atoms with van der Waals surface area (Å²) in [7, 11) is 3.46. The maximum absolute atomic E-state index is 13.0. The summed E-state index contributed by atoms with van der Waals surface area (Å²) in [6.45, 7) is 4.35. The van der Waals surface area contributed by atoms with Crippen LogP contribution in [0.4, 0.5) is 0 Å². The molecule has 9 nitrogen and oxygen atoms in total. The van der Waals surface area contributed by atoms with Gasteiger partial charge in [-0.15, -0.1) is 6.58 Å². The topological polar surface area (TPSA) is 110 Å². The van der Waals surface area contributed by atoms with Crippen LogP contribution < -0.4 is 35.5 Å². The molecule has 0 radical (unpaired) electrons. The van der Waals surface area contributed by atoms with Gasteiger partial charge in [-0.1, -0.05) is 6.08 Å². The Morgan fingerprint density at radius 1 is 1.46 bits per heavy atom. The number of nitrogens with zero attached hydrogens (tertiary/aromatic N) is 1. The number of hydrogen-bond donors (Lipinski definition) is 2. The van der Waals surface area contributed by atoms with Gasteiger partial charge in [-0.25, -0.2) is 4.79 Å². The van der Waals surface area contributed by atoms with Gasteiger partial charge in [-0.2, -0.15) is 0 Å². The van der Waals surface area contributed by atoms with Crippen molar-refractivity contribution < 1.29 is 24.2 Å². The van der Waals surface area contributed by atoms with Crippen molar-refractivity contribution >= 4 is 0 Å². The highest BCUT2D eigenvalue weighted by Gasteiger charge is 2.38. The van der Waals surface area contributed by atoms with Crippen LogP contribution in [0.15, 0.2) is 28.3 Å². The molecule has 2 aliphatic rings. The molecule has 28 heavy (non-hydrogen) atoms. The number of methoxy groups -OCH3 is 1. The van der Waals surface area contributed by atoms with Crippen LogP contribution in [-0.2, 0) is 13.0 Å². The third kappa shape index (κ3) is 2.58. The van der Waals surface area contributed by atoms with E-state index in [4.69, 9.17) is 14.2 Å². The number of benzene rings is 1. The standard InChI is InChI=1S/C19H21N3O6/c1-4-6-22-18(24)13(17(23)20-19(22)25)14-11-8-12-16(28-9-27-12)15(26-3)10(11)5-7-21(14)2/h4,8,14,24H,1,5-7,9H2,2-3H3,(H,20,23,25). The van der Waals surface area contributed by atoms with Crippen LogP contribution in [0.3, 0.4) is 0 Å². The van der Waals surface area contributed by atoms with Crippen molar-refractivity contribution in [3.63, 3.8) is 0 Å². The van der Waals surface area contributed by atoms with Crippen molar-refractivity contribution in [3.05, 3.63) is 56.2 Å². The number of nitrogens with one attached hydrogen (secondary N) is 2. The van der Waals surface area contributed by atoms with E-state index in [0.717, 1.165) is 20.6 Å². The highest BCUT2D eigenvalue weighted by Crippen LogP contribution is 2.47. The Morgan fingerprint density at radius 2 is 2.25 bits per heavy atom. The number of hydrogen-bond acceptors (Lipinski definition) is 6. The fourth-order valence-electron chi connectivity index (χ4n) is 4.05. The van der Waals surface area contributed by atoms with Crippen LogP contribution in [0.2, 0.25) is 0 Å².